The number of anilines is 2. The number of carbonyl (C=O) groups excluding carboxylic acids is 1. The van der Waals surface area contributed by atoms with Gasteiger partial charge < -0.3 is 4.57 Å². The van der Waals surface area contributed by atoms with E-state index in [1.54, 1.807) is 11.8 Å². The second-order valence-corrected chi connectivity index (χ2v) is 8.59. The molecule has 5 nitrogen and oxygen atoms in total. The van der Waals surface area contributed by atoms with Gasteiger partial charge in [-0.3, -0.25) is 9.69 Å². The highest BCUT2D eigenvalue weighted by atomic mass is 127. The van der Waals surface area contributed by atoms with Gasteiger partial charge in [-0.25, -0.2) is 4.98 Å². The van der Waals surface area contributed by atoms with Crippen molar-refractivity contribution < 1.29 is 4.79 Å². The minimum absolute atomic E-state index is 0.319. The van der Waals surface area contributed by atoms with Crippen LogP contribution in [0.3, 0.4) is 0 Å². The van der Waals surface area contributed by atoms with E-state index in [1.165, 1.54) is 3.57 Å². The Morgan fingerprint density at radius 3 is 2.77 bits per heavy atom. The molecule has 3 aromatic rings. The molecule has 0 aliphatic heterocycles. The van der Waals surface area contributed by atoms with E-state index in [0.29, 0.717) is 22.8 Å². The standard InChI is InChI=1S/C24H21IN4O/c1-4-6-23(30)29(21-11-15(3)19(25)12-18(21)16-7-8-16)22-10-9-20-24(27-22)17(13-26)14-28(20)5-2/h9-12,14,16H,5,7-8H2,1-3H3. The maximum atomic E-state index is 13.1. The fraction of sp³-hybridized carbons (Fsp3) is 0.292. The van der Waals surface area contributed by atoms with Gasteiger partial charge in [0.25, 0.3) is 0 Å². The van der Waals surface area contributed by atoms with Crippen LogP contribution in [0.1, 0.15) is 49.3 Å². The molecule has 4 rings (SSSR count). The molecule has 0 N–H and O–H groups in total. The Morgan fingerprint density at radius 2 is 2.13 bits per heavy atom. The molecule has 0 unspecified atom stereocenters. The van der Waals surface area contributed by atoms with Crippen molar-refractivity contribution in [2.45, 2.75) is 46.1 Å². The van der Waals surface area contributed by atoms with E-state index in [2.05, 4.69) is 52.6 Å². The summed E-state index contributed by atoms with van der Waals surface area (Å²) in [5.74, 6) is 6.03. The number of halogens is 1. The molecule has 2 heterocycles. The van der Waals surface area contributed by atoms with Gasteiger partial charge in [-0.05, 0) is 103 Å². The van der Waals surface area contributed by atoms with Crippen LogP contribution in [0.4, 0.5) is 11.5 Å². The number of benzene rings is 1. The zero-order chi connectivity index (χ0) is 21.4. The number of carbonyl (C=O) groups is 1. The van der Waals surface area contributed by atoms with Crippen LogP contribution in [0.25, 0.3) is 11.0 Å². The number of rotatable bonds is 4. The Balaban J connectivity index is 1.95. The van der Waals surface area contributed by atoms with Gasteiger partial charge in [0.05, 0.1) is 16.8 Å². The quantitative estimate of drug-likeness (QED) is 0.350. The van der Waals surface area contributed by atoms with E-state index in [9.17, 15) is 10.1 Å². The first-order valence-corrected chi connectivity index (χ1v) is 11.0. The first-order chi connectivity index (χ1) is 14.5. The molecular formula is C24H21IN4O. The van der Waals surface area contributed by atoms with Gasteiger partial charge in [-0.15, -0.1) is 0 Å². The number of amides is 1. The van der Waals surface area contributed by atoms with Crippen molar-refractivity contribution in [1.82, 2.24) is 9.55 Å². The average molecular weight is 508 g/mol. The Morgan fingerprint density at radius 1 is 1.37 bits per heavy atom. The van der Waals surface area contributed by atoms with E-state index >= 15 is 0 Å². The van der Waals surface area contributed by atoms with Crippen LogP contribution < -0.4 is 4.90 Å². The lowest BCUT2D eigenvalue weighted by Gasteiger charge is -2.24. The van der Waals surface area contributed by atoms with Crippen LogP contribution in [0.15, 0.2) is 30.5 Å². The highest BCUT2D eigenvalue weighted by Gasteiger charge is 2.31. The Hall–Kier alpha value is -2.84. The van der Waals surface area contributed by atoms with Crippen LogP contribution >= 0.6 is 22.6 Å². The van der Waals surface area contributed by atoms with E-state index in [4.69, 9.17) is 4.98 Å². The van der Waals surface area contributed by atoms with Crippen molar-refractivity contribution in [3.05, 3.63) is 50.7 Å². The largest absolute Gasteiger partial charge is 0.345 e. The van der Waals surface area contributed by atoms with Gasteiger partial charge in [0.2, 0.25) is 0 Å². The maximum Gasteiger partial charge on any atom is 0.308 e. The lowest BCUT2D eigenvalue weighted by Crippen LogP contribution is -2.26. The summed E-state index contributed by atoms with van der Waals surface area (Å²) in [7, 11) is 0. The van der Waals surface area contributed by atoms with Crippen molar-refractivity contribution >= 4 is 51.0 Å². The molecular weight excluding hydrogens is 487 g/mol. The third kappa shape index (κ3) is 3.57. The Labute approximate surface area is 189 Å². The normalized spacial score (nSPS) is 12.9. The summed E-state index contributed by atoms with van der Waals surface area (Å²) < 4.78 is 3.18. The highest BCUT2D eigenvalue weighted by molar-refractivity contribution is 14.1. The number of nitriles is 1. The number of aromatic nitrogens is 2. The molecule has 1 saturated carbocycles. The highest BCUT2D eigenvalue weighted by Crippen LogP contribution is 2.46. The third-order valence-electron chi connectivity index (χ3n) is 5.40. The maximum absolute atomic E-state index is 13.1. The molecule has 0 atom stereocenters. The minimum Gasteiger partial charge on any atom is -0.345 e. The number of fused-ring (bicyclic) bond motifs is 1. The average Bonchev–Trinajstić information content (AvgIpc) is 3.51. The molecule has 1 amide bonds. The van der Waals surface area contributed by atoms with Gasteiger partial charge in [-0.1, -0.05) is 5.92 Å². The molecule has 1 aliphatic rings. The summed E-state index contributed by atoms with van der Waals surface area (Å²) in [6.07, 6.45) is 4.06. The monoisotopic (exact) mass is 508 g/mol. The van der Waals surface area contributed by atoms with Crippen LogP contribution in [-0.4, -0.2) is 15.5 Å². The smallest absolute Gasteiger partial charge is 0.308 e. The lowest BCUT2D eigenvalue weighted by atomic mass is 10.0. The summed E-state index contributed by atoms with van der Waals surface area (Å²) in [6, 6.07) is 10.2. The first-order valence-electron chi connectivity index (χ1n) is 9.95. The first kappa shape index (κ1) is 20.4. The van der Waals surface area contributed by atoms with Gasteiger partial charge >= 0.3 is 5.91 Å². The topological polar surface area (TPSA) is 61.9 Å². The van der Waals surface area contributed by atoms with Crippen molar-refractivity contribution in [3.63, 3.8) is 0 Å². The van der Waals surface area contributed by atoms with E-state index in [1.807, 2.05) is 36.7 Å². The molecule has 2 aromatic heterocycles. The second kappa shape index (κ2) is 8.12. The van der Waals surface area contributed by atoms with Crippen LogP contribution in [0.5, 0.6) is 0 Å². The second-order valence-electron chi connectivity index (χ2n) is 7.43. The molecule has 1 fully saturated rings. The van der Waals surface area contributed by atoms with E-state index in [-0.39, 0.29) is 5.91 Å². The van der Waals surface area contributed by atoms with Crippen molar-refractivity contribution in [3.8, 4) is 17.9 Å². The molecule has 0 bridgehead atoms. The van der Waals surface area contributed by atoms with Crippen molar-refractivity contribution in [2.75, 3.05) is 4.90 Å². The molecule has 6 heteroatoms. The van der Waals surface area contributed by atoms with Crippen molar-refractivity contribution in [1.29, 1.82) is 5.26 Å². The van der Waals surface area contributed by atoms with Crippen molar-refractivity contribution in [2.24, 2.45) is 0 Å². The van der Waals surface area contributed by atoms with E-state index < -0.39 is 0 Å². The van der Waals surface area contributed by atoms with E-state index in [0.717, 1.165) is 41.7 Å². The molecule has 0 spiro atoms. The van der Waals surface area contributed by atoms with Gasteiger partial charge in [0.1, 0.15) is 17.4 Å². The summed E-state index contributed by atoms with van der Waals surface area (Å²) in [6.45, 7) is 6.47. The Kier molecular flexibility index (Phi) is 5.53. The zero-order valence-corrected chi connectivity index (χ0v) is 19.3. The molecule has 0 radical (unpaired) electrons. The number of hydrogen-bond donors (Lipinski definition) is 0. The van der Waals surface area contributed by atoms with Crippen LogP contribution in [-0.2, 0) is 11.3 Å². The summed E-state index contributed by atoms with van der Waals surface area (Å²) in [5, 5.41) is 9.57. The molecule has 1 aliphatic carbocycles. The van der Waals surface area contributed by atoms with Gasteiger partial charge in [0.15, 0.2) is 0 Å². The lowest BCUT2D eigenvalue weighted by molar-refractivity contribution is -0.112. The van der Waals surface area contributed by atoms with Gasteiger partial charge in [-0.2, -0.15) is 5.26 Å². The SMILES string of the molecule is CC#CC(=O)N(c1ccc2c(n1)c(C#N)cn2CC)c1cc(C)c(I)cc1C1CC1. The molecule has 0 saturated heterocycles. The number of pyridine rings is 1. The fourth-order valence-corrected chi connectivity index (χ4v) is 4.21. The summed E-state index contributed by atoms with van der Waals surface area (Å²) in [5.41, 5.74) is 5.09. The Bertz CT molecular complexity index is 1270. The number of aryl methyl sites for hydroxylation is 2. The summed E-state index contributed by atoms with van der Waals surface area (Å²) in [4.78, 5) is 19.5. The van der Waals surface area contributed by atoms with Crippen LogP contribution in [0, 0.1) is 33.7 Å². The summed E-state index contributed by atoms with van der Waals surface area (Å²) >= 11 is 2.34. The zero-order valence-electron chi connectivity index (χ0n) is 17.2. The fourth-order valence-electron chi connectivity index (χ4n) is 3.72. The predicted octanol–water partition coefficient (Wildman–Crippen LogP) is 5.41. The molecule has 1 aromatic carbocycles. The number of hydrogen-bond acceptors (Lipinski definition) is 3. The minimum atomic E-state index is -0.319. The number of nitrogens with zero attached hydrogens (tertiary/aromatic N) is 4. The van der Waals surface area contributed by atoms with Crippen LogP contribution in [0.2, 0.25) is 0 Å². The predicted molar refractivity (Wildman–Crippen MR) is 127 cm³/mol. The van der Waals surface area contributed by atoms with Gasteiger partial charge in [0, 0.05) is 16.3 Å². The molecule has 30 heavy (non-hydrogen) atoms. The molecule has 150 valence electrons. The third-order valence-corrected chi connectivity index (χ3v) is 6.56.